The van der Waals surface area contributed by atoms with E-state index in [0.29, 0.717) is 12.0 Å². The Balaban J connectivity index is 1.42. The first kappa shape index (κ1) is 24.1. The van der Waals surface area contributed by atoms with Gasteiger partial charge < -0.3 is 10.6 Å². The zero-order valence-corrected chi connectivity index (χ0v) is 19.5. The summed E-state index contributed by atoms with van der Waals surface area (Å²) in [4.78, 5) is 39.6. The van der Waals surface area contributed by atoms with Crippen molar-refractivity contribution in [3.8, 4) is 0 Å². The van der Waals surface area contributed by atoms with Crippen molar-refractivity contribution in [1.82, 2.24) is 15.5 Å². The molecule has 0 aromatic heterocycles. The van der Waals surface area contributed by atoms with Crippen LogP contribution in [-0.4, -0.2) is 29.3 Å². The van der Waals surface area contributed by atoms with Crippen molar-refractivity contribution in [3.05, 3.63) is 107 Å². The third kappa shape index (κ3) is 5.57. The maximum atomic E-state index is 13.3. The molecule has 1 fully saturated rings. The molecule has 1 saturated heterocycles. The first-order valence-corrected chi connectivity index (χ1v) is 11.7. The highest BCUT2D eigenvalue weighted by atomic mass is 19.1. The summed E-state index contributed by atoms with van der Waals surface area (Å²) in [5, 5.41) is 5.64. The van der Waals surface area contributed by atoms with E-state index < -0.39 is 35.7 Å². The van der Waals surface area contributed by atoms with Crippen molar-refractivity contribution < 1.29 is 18.8 Å². The minimum Gasteiger partial charge on any atom is -0.348 e. The topological polar surface area (TPSA) is 78.5 Å². The number of hydrogen-bond donors (Lipinski definition) is 2. The summed E-state index contributed by atoms with van der Waals surface area (Å²) in [6, 6.07) is 24.2. The fraction of sp³-hybridized carbons (Fsp3) is 0.250. The number of urea groups is 1. The predicted molar refractivity (Wildman–Crippen MR) is 131 cm³/mol. The molecule has 7 heteroatoms. The van der Waals surface area contributed by atoms with Crippen LogP contribution in [0, 0.1) is 5.82 Å². The number of imide groups is 1. The van der Waals surface area contributed by atoms with Crippen LogP contribution in [0.25, 0.3) is 0 Å². The molecule has 4 rings (SSSR count). The molecule has 6 nitrogen and oxygen atoms in total. The standard InChI is InChI=1S/C28H28FN3O3/c1-28(22-15-17-23(29)18-16-22)26(34)32(27(35)31-28)19-25(33)30-24(21-12-6-3-7-13-21)14-8-11-20-9-4-2-5-10-20/h2-7,9-10,12-13,15-18,24H,8,11,14,19H2,1H3,(H,30,33)(H,31,35)/t24-,28+/m1/s1. The maximum absolute atomic E-state index is 13.3. The first-order valence-electron chi connectivity index (χ1n) is 11.7. The Morgan fingerprint density at radius 3 is 2.26 bits per heavy atom. The minimum absolute atomic E-state index is 0.253. The fourth-order valence-corrected chi connectivity index (χ4v) is 4.37. The Morgan fingerprint density at radius 2 is 1.60 bits per heavy atom. The Hall–Kier alpha value is -4.00. The van der Waals surface area contributed by atoms with Crippen LogP contribution in [0.3, 0.4) is 0 Å². The van der Waals surface area contributed by atoms with Crippen LogP contribution < -0.4 is 10.6 Å². The number of hydrogen-bond acceptors (Lipinski definition) is 3. The lowest BCUT2D eigenvalue weighted by Gasteiger charge is -2.23. The molecule has 4 amide bonds. The molecule has 1 aliphatic rings. The molecule has 2 N–H and O–H groups in total. The molecule has 0 saturated carbocycles. The second-order valence-electron chi connectivity index (χ2n) is 8.86. The van der Waals surface area contributed by atoms with E-state index in [1.807, 2.05) is 48.5 Å². The highest BCUT2D eigenvalue weighted by molar-refractivity contribution is 6.09. The molecule has 3 aromatic rings. The molecular weight excluding hydrogens is 445 g/mol. The quantitative estimate of drug-likeness (QED) is 0.450. The normalized spacial score (nSPS) is 18.3. The maximum Gasteiger partial charge on any atom is 0.325 e. The smallest absolute Gasteiger partial charge is 0.325 e. The van der Waals surface area contributed by atoms with Gasteiger partial charge in [0.1, 0.15) is 17.9 Å². The van der Waals surface area contributed by atoms with Gasteiger partial charge in [0.25, 0.3) is 5.91 Å². The van der Waals surface area contributed by atoms with Crippen LogP contribution in [0.15, 0.2) is 84.9 Å². The summed E-state index contributed by atoms with van der Waals surface area (Å²) < 4.78 is 13.3. The number of benzene rings is 3. The molecule has 2 atom stereocenters. The predicted octanol–water partition coefficient (Wildman–Crippen LogP) is 4.47. The van der Waals surface area contributed by atoms with E-state index >= 15 is 0 Å². The Morgan fingerprint density at radius 1 is 0.971 bits per heavy atom. The summed E-state index contributed by atoms with van der Waals surface area (Å²) in [6.07, 6.45) is 2.44. The van der Waals surface area contributed by atoms with E-state index in [1.54, 1.807) is 6.92 Å². The summed E-state index contributed by atoms with van der Waals surface area (Å²) in [5.41, 5.74) is 1.27. The van der Waals surface area contributed by atoms with E-state index in [9.17, 15) is 18.8 Å². The second kappa shape index (κ2) is 10.5. The minimum atomic E-state index is -1.36. The molecule has 0 spiro atoms. The van der Waals surface area contributed by atoms with Crippen molar-refractivity contribution in [2.45, 2.75) is 37.8 Å². The highest BCUT2D eigenvalue weighted by Crippen LogP contribution is 2.29. The van der Waals surface area contributed by atoms with Crippen LogP contribution in [0.2, 0.25) is 0 Å². The monoisotopic (exact) mass is 473 g/mol. The molecule has 0 radical (unpaired) electrons. The number of nitrogens with zero attached hydrogens (tertiary/aromatic N) is 1. The van der Waals surface area contributed by atoms with Gasteiger partial charge in [-0.2, -0.15) is 0 Å². The average molecular weight is 474 g/mol. The van der Waals surface area contributed by atoms with Crippen LogP contribution in [0.4, 0.5) is 9.18 Å². The molecule has 3 aromatic carbocycles. The van der Waals surface area contributed by atoms with E-state index in [2.05, 4.69) is 22.8 Å². The van der Waals surface area contributed by atoms with Crippen LogP contribution in [-0.2, 0) is 21.5 Å². The van der Waals surface area contributed by atoms with Gasteiger partial charge in [-0.15, -0.1) is 0 Å². The van der Waals surface area contributed by atoms with Gasteiger partial charge in [-0.1, -0.05) is 72.8 Å². The molecule has 1 aliphatic heterocycles. The van der Waals surface area contributed by atoms with Gasteiger partial charge in [-0.3, -0.25) is 14.5 Å². The third-order valence-corrected chi connectivity index (χ3v) is 6.34. The summed E-state index contributed by atoms with van der Waals surface area (Å²) in [6.45, 7) is 1.15. The molecular formula is C28H28FN3O3. The first-order chi connectivity index (χ1) is 16.9. The van der Waals surface area contributed by atoms with E-state index in [4.69, 9.17) is 0 Å². The van der Waals surface area contributed by atoms with Gasteiger partial charge in [0, 0.05) is 0 Å². The second-order valence-corrected chi connectivity index (χ2v) is 8.86. The lowest BCUT2D eigenvalue weighted by Crippen LogP contribution is -2.44. The molecule has 35 heavy (non-hydrogen) atoms. The zero-order chi connectivity index (χ0) is 24.8. The zero-order valence-electron chi connectivity index (χ0n) is 19.5. The number of carbonyl (C=O) groups is 3. The Kier molecular flexibility index (Phi) is 7.25. The third-order valence-electron chi connectivity index (χ3n) is 6.34. The van der Waals surface area contributed by atoms with Gasteiger partial charge in [-0.05, 0) is 55.0 Å². The van der Waals surface area contributed by atoms with Gasteiger partial charge in [0.2, 0.25) is 5.91 Å². The number of halogens is 1. The van der Waals surface area contributed by atoms with Crippen LogP contribution >= 0.6 is 0 Å². The largest absolute Gasteiger partial charge is 0.348 e. The summed E-state index contributed by atoms with van der Waals surface area (Å²) >= 11 is 0. The number of amides is 4. The molecule has 0 aliphatic carbocycles. The van der Waals surface area contributed by atoms with Crippen molar-refractivity contribution in [2.24, 2.45) is 0 Å². The van der Waals surface area contributed by atoms with Gasteiger partial charge >= 0.3 is 6.03 Å². The average Bonchev–Trinajstić information content (AvgIpc) is 3.08. The van der Waals surface area contributed by atoms with Crippen molar-refractivity contribution in [1.29, 1.82) is 0 Å². The van der Waals surface area contributed by atoms with Crippen molar-refractivity contribution in [2.75, 3.05) is 6.54 Å². The Labute approximate surface area is 204 Å². The van der Waals surface area contributed by atoms with E-state index in [-0.39, 0.29) is 6.04 Å². The molecule has 1 heterocycles. The molecule has 0 bridgehead atoms. The van der Waals surface area contributed by atoms with Gasteiger partial charge in [-0.25, -0.2) is 9.18 Å². The molecule has 180 valence electrons. The fourth-order valence-electron chi connectivity index (χ4n) is 4.37. The van der Waals surface area contributed by atoms with E-state index in [0.717, 1.165) is 23.3 Å². The highest BCUT2D eigenvalue weighted by Gasteiger charge is 2.49. The number of rotatable bonds is 9. The van der Waals surface area contributed by atoms with Crippen LogP contribution in [0.1, 0.15) is 42.5 Å². The van der Waals surface area contributed by atoms with Gasteiger partial charge in [0.15, 0.2) is 0 Å². The van der Waals surface area contributed by atoms with Gasteiger partial charge in [0.05, 0.1) is 6.04 Å². The lowest BCUT2D eigenvalue weighted by atomic mass is 9.92. The van der Waals surface area contributed by atoms with Crippen LogP contribution in [0.5, 0.6) is 0 Å². The van der Waals surface area contributed by atoms with E-state index in [1.165, 1.54) is 29.8 Å². The summed E-state index contributed by atoms with van der Waals surface area (Å²) in [7, 11) is 0. The van der Waals surface area contributed by atoms with Crippen molar-refractivity contribution in [3.63, 3.8) is 0 Å². The number of aryl methyl sites for hydroxylation is 1. The lowest BCUT2D eigenvalue weighted by molar-refractivity contribution is -0.135. The Bertz CT molecular complexity index is 1190. The SMILES string of the molecule is C[C@@]1(c2ccc(F)cc2)NC(=O)N(CC(=O)N[C@H](CCCc2ccccc2)c2ccccc2)C1=O. The number of nitrogens with one attached hydrogen (secondary N) is 2. The number of carbonyl (C=O) groups excluding carboxylic acids is 3. The van der Waals surface area contributed by atoms with Crippen molar-refractivity contribution >= 4 is 17.8 Å². The summed E-state index contributed by atoms with van der Waals surface area (Å²) in [5.74, 6) is -1.42. The molecule has 0 unspecified atom stereocenters.